The highest BCUT2D eigenvalue weighted by molar-refractivity contribution is 7.80. The number of amides is 1. The SMILES string of the molecule is CCCCC(=O)NCC(N)=S. The van der Waals surface area contributed by atoms with Crippen molar-refractivity contribution in [1.29, 1.82) is 0 Å². The highest BCUT2D eigenvalue weighted by Gasteiger charge is 1.98. The van der Waals surface area contributed by atoms with E-state index in [9.17, 15) is 4.79 Å². The molecule has 64 valence electrons. The Morgan fingerprint density at radius 1 is 1.64 bits per heavy atom. The lowest BCUT2D eigenvalue weighted by molar-refractivity contribution is -0.120. The Morgan fingerprint density at radius 3 is 2.73 bits per heavy atom. The van der Waals surface area contributed by atoms with Gasteiger partial charge in [-0.2, -0.15) is 0 Å². The lowest BCUT2D eigenvalue weighted by Crippen LogP contribution is -2.31. The molecule has 0 aliphatic rings. The van der Waals surface area contributed by atoms with Crippen molar-refractivity contribution in [2.45, 2.75) is 26.2 Å². The average molecular weight is 174 g/mol. The average Bonchev–Trinajstić information content (AvgIpc) is 1.97. The molecule has 1 amide bonds. The van der Waals surface area contributed by atoms with Gasteiger partial charge < -0.3 is 11.1 Å². The van der Waals surface area contributed by atoms with E-state index in [1.807, 2.05) is 6.92 Å². The van der Waals surface area contributed by atoms with E-state index >= 15 is 0 Å². The normalized spacial score (nSPS) is 9.18. The second kappa shape index (κ2) is 6.09. The van der Waals surface area contributed by atoms with Crippen LogP contribution in [0, 0.1) is 0 Å². The molecule has 0 aliphatic heterocycles. The van der Waals surface area contributed by atoms with Crippen molar-refractivity contribution in [1.82, 2.24) is 5.32 Å². The molecule has 4 heteroatoms. The highest BCUT2D eigenvalue weighted by Crippen LogP contribution is 1.92. The molecular weight excluding hydrogens is 160 g/mol. The van der Waals surface area contributed by atoms with E-state index in [0.717, 1.165) is 12.8 Å². The first kappa shape index (κ1) is 10.4. The van der Waals surface area contributed by atoms with Crippen LogP contribution in [-0.4, -0.2) is 17.4 Å². The maximum absolute atomic E-state index is 10.9. The van der Waals surface area contributed by atoms with Crippen LogP contribution in [0.3, 0.4) is 0 Å². The maximum atomic E-state index is 10.9. The molecule has 0 atom stereocenters. The highest BCUT2D eigenvalue weighted by atomic mass is 32.1. The van der Waals surface area contributed by atoms with Crippen molar-refractivity contribution in [2.24, 2.45) is 5.73 Å². The zero-order valence-corrected chi connectivity index (χ0v) is 7.54. The van der Waals surface area contributed by atoms with Crippen molar-refractivity contribution >= 4 is 23.1 Å². The first-order chi connectivity index (χ1) is 5.16. The van der Waals surface area contributed by atoms with E-state index < -0.39 is 0 Å². The van der Waals surface area contributed by atoms with Crippen molar-refractivity contribution in [3.63, 3.8) is 0 Å². The molecule has 0 bridgehead atoms. The van der Waals surface area contributed by atoms with Gasteiger partial charge >= 0.3 is 0 Å². The second-order valence-corrected chi connectivity index (χ2v) is 2.87. The van der Waals surface area contributed by atoms with Crippen LogP contribution in [0.15, 0.2) is 0 Å². The fourth-order valence-corrected chi connectivity index (χ4v) is 0.684. The molecule has 3 N–H and O–H groups in total. The molecular formula is C7H14N2OS. The van der Waals surface area contributed by atoms with Crippen molar-refractivity contribution in [3.8, 4) is 0 Å². The number of thiocarbonyl (C=S) groups is 1. The van der Waals surface area contributed by atoms with E-state index in [0.29, 0.717) is 18.0 Å². The Labute approximate surface area is 72.3 Å². The summed E-state index contributed by atoms with van der Waals surface area (Å²) in [7, 11) is 0. The standard InChI is InChI=1S/C7H14N2OS/c1-2-3-4-7(10)9-5-6(8)11/h2-5H2,1H3,(H2,8,11)(H,9,10). The van der Waals surface area contributed by atoms with Crippen LogP contribution in [0.2, 0.25) is 0 Å². The van der Waals surface area contributed by atoms with Crippen molar-refractivity contribution < 1.29 is 4.79 Å². The van der Waals surface area contributed by atoms with Gasteiger partial charge in [0.2, 0.25) is 5.91 Å². The number of carbonyl (C=O) groups excluding carboxylic acids is 1. The van der Waals surface area contributed by atoms with Gasteiger partial charge in [0, 0.05) is 6.42 Å². The first-order valence-corrected chi connectivity index (χ1v) is 4.12. The third-order valence-electron chi connectivity index (χ3n) is 1.22. The molecule has 0 heterocycles. The van der Waals surface area contributed by atoms with E-state index in [1.165, 1.54) is 0 Å². The Morgan fingerprint density at radius 2 is 2.27 bits per heavy atom. The first-order valence-electron chi connectivity index (χ1n) is 3.71. The van der Waals surface area contributed by atoms with Gasteiger partial charge in [-0.05, 0) is 6.42 Å². The van der Waals surface area contributed by atoms with E-state index in [4.69, 9.17) is 5.73 Å². The van der Waals surface area contributed by atoms with Gasteiger partial charge in [-0.15, -0.1) is 0 Å². The van der Waals surface area contributed by atoms with Crippen molar-refractivity contribution in [2.75, 3.05) is 6.54 Å². The van der Waals surface area contributed by atoms with Crippen LogP contribution >= 0.6 is 12.2 Å². The minimum absolute atomic E-state index is 0.0275. The molecule has 0 saturated carbocycles. The summed E-state index contributed by atoms with van der Waals surface area (Å²) in [6.45, 7) is 2.36. The monoisotopic (exact) mass is 174 g/mol. The number of nitrogens with two attached hydrogens (primary N) is 1. The summed E-state index contributed by atoms with van der Waals surface area (Å²) in [5.74, 6) is 0.0275. The zero-order chi connectivity index (χ0) is 8.69. The minimum atomic E-state index is 0.0275. The fourth-order valence-electron chi connectivity index (χ4n) is 0.611. The van der Waals surface area contributed by atoms with Crippen LogP contribution in [-0.2, 0) is 4.79 Å². The molecule has 0 unspecified atom stereocenters. The molecule has 0 aromatic heterocycles. The summed E-state index contributed by atoms with van der Waals surface area (Å²) in [5.41, 5.74) is 5.19. The maximum Gasteiger partial charge on any atom is 0.220 e. The van der Waals surface area contributed by atoms with Gasteiger partial charge in [-0.1, -0.05) is 25.6 Å². The van der Waals surface area contributed by atoms with Crippen LogP contribution in [0.1, 0.15) is 26.2 Å². The number of nitrogens with one attached hydrogen (secondary N) is 1. The predicted octanol–water partition coefficient (Wildman–Crippen LogP) is 0.579. The van der Waals surface area contributed by atoms with Crippen LogP contribution in [0.5, 0.6) is 0 Å². The Hall–Kier alpha value is -0.640. The van der Waals surface area contributed by atoms with Gasteiger partial charge in [0.1, 0.15) is 0 Å². The zero-order valence-electron chi connectivity index (χ0n) is 6.72. The quantitative estimate of drug-likeness (QED) is 0.599. The second-order valence-electron chi connectivity index (χ2n) is 2.35. The summed E-state index contributed by atoms with van der Waals surface area (Å²) in [4.78, 5) is 11.2. The minimum Gasteiger partial charge on any atom is -0.392 e. The van der Waals surface area contributed by atoms with Gasteiger partial charge in [-0.25, -0.2) is 0 Å². The largest absolute Gasteiger partial charge is 0.392 e. The smallest absolute Gasteiger partial charge is 0.220 e. The number of rotatable bonds is 5. The molecule has 0 rings (SSSR count). The summed E-state index contributed by atoms with van der Waals surface area (Å²) in [6, 6.07) is 0. The molecule has 3 nitrogen and oxygen atoms in total. The predicted molar refractivity (Wildman–Crippen MR) is 49.3 cm³/mol. The summed E-state index contributed by atoms with van der Waals surface area (Å²) >= 11 is 4.59. The lowest BCUT2D eigenvalue weighted by atomic mass is 10.2. The summed E-state index contributed by atoms with van der Waals surface area (Å²) in [5, 5.41) is 2.61. The summed E-state index contributed by atoms with van der Waals surface area (Å²) in [6.07, 6.45) is 2.52. The molecule has 0 fully saturated rings. The molecule has 0 radical (unpaired) electrons. The fraction of sp³-hybridized carbons (Fsp3) is 0.714. The molecule has 0 aromatic carbocycles. The third kappa shape index (κ3) is 7.25. The Bertz CT molecular complexity index is 147. The van der Waals surface area contributed by atoms with Gasteiger partial charge in [0.15, 0.2) is 0 Å². The molecule has 0 aliphatic carbocycles. The van der Waals surface area contributed by atoms with Crippen LogP contribution in [0.4, 0.5) is 0 Å². The van der Waals surface area contributed by atoms with Gasteiger partial charge in [0.25, 0.3) is 0 Å². The Balaban J connectivity index is 3.30. The van der Waals surface area contributed by atoms with Gasteiger partial charge in [-0.3, -0.25) is 4.79 Å². The third-order valence-corrected chi connectivity index (χ3v) is 1.36. The summed E-state index contributed by atoms with van der Waals surface area (Å²) < 4.78 is 0. The topological polar surface area (TPSA) is 55.1 Å². The van der Waals surface area contributed by atoms with E-state index in [2.05, 4.69) is 17.5 Å². The molecule has 0 aromatic rings. The number of carbonyl (C=O) groups is 1. The van der Waals surface area contributed by atoms with E-state index in [1.54, 1.807) is 0 Å². The number of hydrogen-bond acceptors (Lipinski definition) is 2. The van der Waals surface area contributed by atoms with E-state index in [-0.39, 0.29) is 5.91 Å². The van der Waals surface area contributed by atoms with Crippen LogP contribution in [0.25, 0.3) is 0 Å². The molecule has 0 saturated heterocycles. The molecule has 11 heavy (non-hydrogen) atoms. The van der Waals surface area contributed by atoms with Crippen molar-refractivity contribution in [3.05, 3.63) is 0 Å². The van der Waals surface area contributed by atoms with Crippen LogP contribution < -0.4 is 11.1 Å². The lowest BCUT2D eigenvalue weighted by Gasteiger charge is -2.01. The number of unbranched alkanes of at least 4 members (excludes halogenated alkanes) is 1. The number of hydrogen-bond donors (Lipinski definition) is 2. The Kier molecular flexibility index (Phi) is 5.74. The molecule has 0 spiro atoms. The van der Waals surface area contributed by atoms with Gasteiger partial charge in [0.05, 0.1) is 11.5 Å².